The number of aryl methyl sites for hydroxylation is 2. The number of pyridine rings is 2. The highest BCUT2D eigenvalue weighted by Crippen LogP contribution is 2.26. The number of rotatable bonds is 3. The summed E-state index contributed by atoms with van der Waals surface area (Å²) in [5.74, 6) is 0.700. The lowest BCUT2D eigenvalue weighted by Gasteiger charge is -2.40. The minimum absolute atomic E-state index is 0.0661. The number of carbonyl (C=O) groups is 1. The van der Waals surface area contributed by atoms with Gasteiger partial charge in [-0.15, -0.1) is 0 Å². The molecule has 26 heavy (non-hydrogen) atoms. The molecule has 132 valence electrons. The molecule has 5 nitrogen and oxygen atoms in total. The van der Waals surface area contributed by atoms with Crippen LogP contribution in [0.3, 0.4) is 0 Å². The summed E-state index contributed by atoms with van der Waals surface area (Å²) in [5.41, 5.74) is 3.68. The first kappa shape index (κ1) is 16.8. The van der Waals surface area contributed by atoms with Gasteiger partial charge in [0.2, 0.25) is 0 Å². The van der Waals surface area contributed by atoms with E-state index in [1.165, 1.54) is 0 Å². The summed E-state index contributed by atoms with van der Waals surface area (Å²) in [4.78, 5) is 23.5. The fourth-order valence-corrected chi connectivity index (χ4v) is 3.57. The maximum absolute atomic E-state index is 12.6. The Balaban J connectivity index is 1.45. The van der Waals surface area contributed by atoms with Gasteiger partial charge in [-0.2, -0.15) is 0 Å². The first-order valence-electron chi connectivity index (χ1n) is 8.55. The fraction of sp³-hybridized carbons (Fsp3) is 0.250. The standard InChI is InChI=1S/C20H19ClN4O/c1-12-8-13(2)23-18-6-5-14(9-16(12)18)20(26)24-15-10-25(11-15)19-17(21)4-3-7-22-19/h3-9,15H,10-11H2,1-2H3,(H,24,26). The van der Waals surface area contributed by atoms with Gasteiger partial charge in [0, 0.05) is 35.9 Å². The first-order chi connectivity index (χ1) is 12.5. The highest BCUT2D eigenvalue weighted by molar-refractivity contribution is 6.32. The van der Waals surface area contributed by atoms with Crippen LogP contribution in [0.4, 0.5) is 5.82 Å². The largest absolute Gasteiger partial charge is 0.351 e. The molecule has 0 aliphatic carbocycles. The number of hydrogen-bond acceptors (Lipinski definition) is 4. The van der Waals surface area contributed by atoms with Crippen LogP contribution in [0.25, 0.3) is 10.9 Å². The van der Waals surface area contributed by atoms with Crippen molar-refractivity contribution in [3.05, 3.63) is 64.4 Å². The smallest absolute Gasteiger partial charge is 0.251 e. The normalized spacial score (nSPS) is 14.3. The van der Waals surface area contributed by atoms with E-state index in [0.717, 1.165) is 28.0 Å². The summed E-state index contributed by atoms with van der Waals surface area (Å²) in [6, 6.07) is 11.4. The number of benzene rings is 1. The van der Waals surface area contributed by atoms with Gasteiger partial charge < -0.3 is 10.2 Å². The first-order valence-corrected chi connectivity index (χ1v) is 8.93. The third-order valence-electron chi connectivity index (χ3n) is 4.66. The fourth-order valence-electron chi connectivity index (χ4n) is 3.33. The number of carbonyl (C=O) groups excluding carboxylic acids is 1. The van der Waals surface area contributed by atoms with E-state index in [9.17, 15) is 4.79 Å². The Kier molecular flexibility index (Phi) is 4.24. The van der Waals surface area contributed by atoms with Crippen molar-refractivity contribution in [2.45, 2.75) is 19.9 Å². The minimum Gasteiger partial charge on any atom is -0.351 e. The molecular weight excluding hydrogens is 348 g/mol. The van der Waals surface area contributed by atoms with Crippen LogP contribution in [0.1, 0.15) is 21.6 Å². The van der Waals surface area contributed by atoms with E-state index >= 15 is 0 Å². The van der Waals surface area contributed by atoms with Gasteiger partial charge in [0.05, 0.1) is 16.6 Å². The van der Waals surface area contributed by atoms with Gasteiger partial charge in [0.1, 0.15) is 5.82 Å². The zero-order valence-corrected chi connectivity index (χ0v) is 15.4. The Morgan fingerprint density at radius 2 is 2.04 bits per heavy atom. The van der Waals surface area contributed by atoms with Crippen molar-refractivity contribution in [3.63, 3.8) is 0 Å². The highest BCUT2D eigenvalue weighted by atomic mass is 35.5. The molecule has 3 aromatic rings. The number of fused-ring (bicyclic) bond motifs is 1. The van der Waals surface area contributed by atoms with Gasteiger partial charge in [0.25, 0.3) is 5.91 Å². The molecule has 1 amide bonds. The van der Waals surface area contributed by atoms with Crippen LogP contribution in [0, 0.1) is 13.8 Å². The number of halogens is 1. The van der Waals surface area contributed by atoms with Crippen molar-refractivity contribution < 1.29 is 4.79 Å². The predicted octanol–water partition coefficient (Wildman–Crippen LogP) is 3.52. The lowest BCUT2D eigenvalue weighted by atomic mass is 10.0. The Labute approximate surface area is 157 Å². The molecule has 1 fully saturated rings. The SMILES string of the molecule is Cc1cc(C)c2cc(C(=O)NC3CN(c4ncccc4Cl)C3)ccc2n1. The van der Waals surface area contributed by atoms with Gasteiger partial charge in [-0.25, -0.2) is 4.98 Å². The molecule has 2 aromatic heterocycles. The molecule has 1 aliphatic rings. The van der Waals surface area contributed by atoms with Crippen LogP contribution in [0.15, 0.2) is 42.6 Å². The molecule has 4 rings (SSSR count). The maximum Gasteiger partial charge on any atom is 0.251 e. The van der Waals surface area contributed by atoms with Gasteiger partial charge in [-0.3, -0.25) is 9.78 Å². The third-order valence-corrected chi connectivity index (χ3v) is 4.96. The van der Waals surface area contributed by atoms with Gasteiger partial charge >= 0.3 is 0 Å². The molecule has 6 heteroatoms. The molecule has 3 heterocycles. The molecule has 0 atom stereocenters. The molecular formula is C20H19ClN4O. The van der Waals surface area contributed by atoms with E-state index in [1.54, 1.807) is 6.20 Å². The van der Waals surface area contributed by atoms with Crippen molar-refractivity contribution in [3.8, 4) is 0 Å². The summed E-state index contributed by atoms with van der Waals surface area (Å²) in [6.45, 7) is 5.42. The molecule has 1 N–H and O–H groups in total. The second kappa shape index (κ2) is 6.57. The zero-order chi connectivity index (χ0) is 18.3. The highest BCUT2D eigenvalue weighted by Gasteiger charge is 2.30. The van der Waals surface area contributed by atoms with Crippen LogP contribution in [0.2, 0.25) is 5.02 Å². The summed E-state index contributed by atoms with van der Waals surface area (Å²) in [5, 5.41) is 4.72. The lowest BCUT2D eigenvalue weighted by molar-refractivity contribution is 0.0930. The van der Waals surface area contributed by atoms with Crippen LogP contribution < -0.4 is 10.2 Å². The molecule has 1 aliphatic heterocycles. The van der Waals surface area contributed by atoms with Crippen LogP contribution >= 0.6 is 11.6 Å². The average Bonchev–Trinajstić information content (AvgIpc) is 2.58. The zero-order valence-electron chi connectivity index (χ0n) is 14.7. The second-order valence-corrected chi connectivity index (χ2v) is 7.10. The molecule has 0 bridgehead atoms. The van der Waals surface area contributed by atoms with E-state index in [2.05, 4.69) is 20.2 Å². The Morgan fingerprint density at radius 1 is 1.23 bits per heavy atom. The van der Waals surface area contributed by atoms with E-state index in [4.69, 9.17) is 11.6 Å². The summed E-state index contributed by atoms with van der Waals surface area (Å²) in [6.07, 6.45) is 1.72. The molecule has 0 spiro atoms. The minimum atomic E-state index is -0.0661. The average molecular weight is 367 g/mol. The number of nitrogens with one attached hydrogen (secondary N) is 1. The third kappa shape index (κ3) is 3.10. The van der Waals surface area contributed by atoms with Crippen molar-refractivity contribution >= 4 is 34.2 Å². The van der Waals surface area contributed by atoms with Crippen molar-refractivity contribution in [1.29, 1.82) is 0 Å². The number of aromatic nitrogens is 2. The molecule has 0 unspecified atom stereocenters. The van der Waals surface area contributed by atoms with E-state index in [1.807, 2.05) is 50.2 Å². The Morgan fingerprint density at radius 3 is 2.81 bits per heavy atom. The monoisotopic (exact) mass is 366 g/mol. The number of anilines is 1. The maximum atomic E-state index is 12.6. The Hall–Kier alpha value is -2.66. The van der Waals surface area contributed by atoms with Crippen molar-refractivity contribution in [1.82, 2.24) is 15.3 Å². The van der Waals surface area contributed by atoms with Crippen LogP contribution in [-0.4, -0.2) is 35.0 Å². The topological polar surface area (TPSA) is 58.1 Å². The van der Waals surface area contributed by atoms with Crippen LogP contribution in [0.5, 0.6) is 0 Å². The van der Waals surface area contributed by atoms with E-state index in [0.29, 0.717) is 23.7 Å². The molecule has 1 saturated heterocycles. The number of hydrogen-bond donors (Lipinski definition) is 1. The molecule has 0 saturated carbocycles. The summed E-state index contributed by atoms with van der Waals surface area (Å²) >= 11 is 6.17. The van der Waals surface area contributed by atoms with E-state index in [-0.39, 0.29) is 11.9 Å². The van der Waals surface area contributed by atoms with Gasteiger partial charge in [-0.1, -0.05) is 11.6 Å². The van der Waals surface area contributed by atoms with E-state index < -0.39 is 0 Å². The quantitative estimate of drug-likeness (QED) is 0.770. The summed E-state index contributed by atoms with van der Waals surface area (Å²) < 4.78 is 0. The molecule has 1 aromatic carbocycles. The lowest BCUT2D eigenvalue weighted by Crippen LogP contribution is -2.59. The van der Waals surface area contributed by atoms with Crippen molar-refractivity contribution in [2.75, 3.05) is 18.0 Å². The number of amides is 1. The van der Waals surface area contributed by atoms with Gasteiger partial charge in [-0.05, 0) is 55.8 Å². The molecule has 0 radical (unpaired) electrons. The Bertz CT molecular complexity index is 998. The second-order valence-electron chi connectivity index (χ2n) is 6.70. The van der Waals surface area contributed by atoms with Crippen LogP contribution in [-0.2, 0) is 0 Å². The van der Waals surface area contributed by atoms with Crippen molar-refractivity contribution in [2.24, 2.45) is 0 Å². The summed E-state index contributed by atoms with van der Waals surface area (Å²) in [7, 11) is 0. The van der Waals surface area contributed by atoms with Gasteiger partial charge in [0.15, 0.2) is 0 Å². The predicted molar refractivity (Wildman–Crippen MR) is 104 cm³/mol. The number of nitrogens with zero attached hydrogens (tertiary/aromatic N) is 3.